The number of rotatable bonds is 3. The highest BCUT2D eigenvalue weighted by atomic mass is 32.2. The van der Waals surface area contributed by atoms with Gasteiger partial charge in [0.05, 0.1) is 0 Å². The van der Waals surface area contributed by atoms with Gasteiger partial charge in [-0.2, -0.15) is 11.8 Å². The lowest BCUT2D eigenvalue weighted by molar-refractivity contribution is 0.290. The van der Waals surface area contributed by atoms with Crippen LogP contribution in [0.15, 0.2) is 23.4 Å². The van der Waals surface area contributed by atoms with Crippen molar-refractivity contribution < 1.29 is 9.60 Å². The van der Waals surface area contributed by atoms with Gasteiger partial charge < -0.3 is 10.9 Å². The Morgan fingerprint density at radius 3 is 2.78 bits per heavy atom. The number of nitrogens with two attached hydrogens (primary N) is 1. The molecule has 1 aromatic rings. The molecule has 0 aliphatic carbocycles. The van der Waals surface area contributed by atoms with Gasteiger partial charge in [-0.25, -0.2) is 4.39 Å². The molecule has 4 nitrogen and oxygen atoms in total. The fourth-order valence-electron chi connectivity index (χ4n) is 1.89. The van der Waals surface area contributed by atoms with E-state index in [9.17, 15) is 4.39 Å². The summed E-state index contributed by atoms with van der Waals surface area (Å²) in [4.78, 5) is 2.23. The summed E-state index contributed by atoms with van der Waals surface area (Å²) in [5.41, 5.74) is 6.46. The van der Waals surface area contributed by atoms with Crippen molar-refractivity contribution in [1.29, 1.82) is 0 Å². The van der Waals surface area contributed by atoms with Gasteiger partial charge >= 0.3 is 0 Å². The van der Waals surface area contributed by atoms with E-state index >= 15 is 0 Å². The van der Waals surface area contributed by atoms with Gasteiger partial charge in [-0.1, -0.05) is 17.3 Å². The molecule has 0 unspecified atom stereocenters. The Morgan fingerprint density at radius 2 is 2.17 bits per heavy atom. The average molecular weight is 269 g/mol. The highest BCUT2D eigenvalue weighted by molar-refractivity contribution is 7.99. The molecule has 0 amide bonds. The molecular formula is C12H16FN3OS. The van der Waals surface area contributed by atoms with Crippen LogP contribution in [0.4, 0.5) is 4.39 Å². The number of halogens is 1. The van der Waals surface area contributed by atoms with Gasteiger partial charge in [-0.15, -0.1) is 0 Å². The van der Waals surface area contributed by atoms with Crippen molar-refractivity contribution in [2.24, 2.45) is 10.9 Å². The molecule has 1 fully saturated rings. The summed E-state index contributed by atoms with van der Waals surface area (Å²) in [5, 5.41) is 11.4. The molecule has 0 saturated carbocycles. The molecular weight excluding hydrogens is 253 g/mol. The third kappa shape index (κ3) is 3.14. The van der Waals surface area contributed by atoms with Crippen LogP contribution in [0.5, 0.6) is 0 Å². The molecule has 0 radical (unpaired) electrons. The Kier molecular flexibility index (Phi) is 4.43. The summed E-state index contributed by atoms with van der Waals surface area (Å²) in [6, 6.07) is 4.68. The minimum absolute atomic E-state index is 0.0742. The molecule has 6 heteroatoms. The molecule has 1 heterocycles. The summed E-state index contributed by atoms with van der Waals surface area (Å²) >= 11 is 1.93. The maximum absolute atomic E-state index is 13.9. The van der Waals surface area contributed by atoms with Crippen LogP contribution in [0.25, 0.3) is 0 Å². The summed E-state index contributed by atoms with van der Waals surface area (Å²) in [5.74, 6) is 1.82. The lowest BCUT2D eigenvalue weighted by Crippen LogP contribution is -2.32. The van der Waals surface area contributed by atoms with Crippen LogP contribution in [-0.4, -0.2) is 40.5 Å². The third-order valence-corrected chi connectivity index (χ3v) is 3.90. The second kappa shape index (κ2) is 6.06. The van der Waals surface area contributed by atoms with Crippen LogP contribution in [0, 0.1) is 5.82 Å². The number of benzene rings is 1. The Hall–Kier alpha value is -1.27. The molecule has 1 saturated heterocycles. The molecule has 1 aliphatic rings. The predicted molar refractivity (Wildman–Crippen MR) is 71.5 cm³/mol. The third-order valence-electron chi connectivity index (χ3n) is 2.95. The minimum Gasteiger partial charge on any atom is -0.409 e. The molecule has 2 rings (SSSR count). The number of nitrogens with zero attached hydrogens (tertiary/aromatic N) is 2. The summed E-state index contributed by atoms with van der Waals surface area (Å²) in [6.07, 6.45) is 0. The van der Waals surface area contributed by atoms with Crippen molar-refractivity contribution in [2.75, 3.05) is 24.6 Å². The maximum Gasteiger partial charge on any atom is 0.170 e. The molecule has 98 valence electrons. The summed E-state index contributed by atoms with van der Waals surface area (Å²) < 4.78 is 13.9. The zero-order valence-electron chi connectivity index (χ0n) is 9.97. The lowest BCUT2D eigenvalue weighted by atomic mass is 10.1. The summed E-state index contributed by atoms with van der Waals surface area (Å²) in [6.45, 7) is 2.60. The number of hydrogen-bond acceptors (Lipinski definition) is 4. The maximum atomic E-state index is 13.9. The lowest BCUT2D eigenvalue weighted by Gasteiger charge is -2.26. The number of oxime groups is 1. The number of thioether (sulfide) groups is 1. The van der Waals surface area contributed by atoms with E-state index in [0.717, 1.165) is 24.6 Å². The van der Waals surface area contributed by atoms with E-state index in [2.05, 4.69) is 10.1 Å². The normalized spacial score (nSPS) is 17.9. The Morgan fingerprint density at radius 1 is 1.44 bits per heavy atom. The van der Waals surface area contributed by atoms with E-state index in [-0.39, 0.29) is 11.7 Å². The van der Waals surface area contributed by atoms with Crippen molar-refractivity contribution in [3.8, 4) is 0 Å². The van der Waals surface area contributed by atoms with Crippen LogP contribution in [0.1, 0.15) is 11.1 Å². The standard InChI is InChI=1S/C12H16FN3OS/c13-11-7-9(12(14)15-17)1-2-10(11)8-16-3-5-18-6-4-16/h1-2,7,17H,3-6,8H2,(H2,14,15). The fraction of sp³-hybridized carbons (Fsp3) is 0.417. The second-order valence-corrected chi connectivity index (χ2v) is 5.40. The van der Waals surface area contributed by atoms with E-state index < -0.39 is 0 Å². The Bertz CT molecular complexity index is 447. The van der Waals surface area contributed by atoms with Crippen LogP contribution < -0.4 is 5.73 Å². The van der Waals surface area contributed by atoms with E-state index in [4.69, 9.17) is 10.9 Å². The molecule has 0 atom stereocenters. The van der Waals surface area contributed by atoms with Crippen molar-refractivity contribution in [3.63, 3.8) is 0 Å². The highest BCUT2D eigenvalue weighted by Crippen LogP contribution is 2.16. The number of hydrogen-bond donors (Lipinski definition) is 2. The molecule has 0 spiro atoms. The predicted octanol–water partition coefficient (Wildman–Crippen LogP) is 1.47. The van der Waals surface area contributed by atoms with Gasteiger partial charge in [0.1, 0.15) is 5.82 Å². The molecule has 3 N–H and O–H groups in total. The van der Waals surface area contributed by atoms with Crippen LogP contribution >= 0.6 is 11.8 Å². The van der Waals surface area contributed by atoms with Crippen molar-refractivity contribution in [1.82, 2.24) is 4.90 Å². The summed E-state index contributed by atoms with van der Waals surface area (Å²) in [7, 11) is 0. The van der Waals surface area contributed by atoms with Gasteiger partial charge in [0.25, 0.3) is 0 Å². The van der Waals surface area contributed by atoms with Crippen LogP contribution in [0.3, 0.4) is 0 Å². The van der Waals surface area contributed by atoms with Gasteiger partial charge in [0.2, 0.25) is 0 Å². The minimum atomic E-state index is -0.308. The van der Waals surface area contributed by atoms with Gasteiger partial charge in [-0.05, 0) is 6.07 Å². The zero-order valence-corrected chi connectivity index (χ0v) is 10.8. The smallest absolute Gasteiger partial charge is 0.170 e. The monoisotopic (exact) mass is 269 g/mol. The van der Waals surface area contributed by atoms with E-state index in [1.807, 2.05) is 11.8 Å². The molecule has 1 aliphatic heterocycles. The first-order chi connectivity index (χ1) is 8.70. The van der Waals surface area contributed by atoms with Crippen molar-refractivity contribution >= 4 is 17.6 Å². The van der Waals surface area contributed by atoms with Gasteiger partial charge in [-0.3, -0.25) is 4.90 Å². The Labute approximate surface area is 110 Å². The van der Waals surface area contributed by atoms with Gasteiger partial charge in [0, 0.05) is 42.3 Å². The van der Waals surface area contributed by atoms with Crippen LogP contribution in [0.2, 0.25) is 0 Å². The first-order valence-corrected chi connectivity index (χ1v) is 6.92. The van der Waals surface area contributed by atoms with Crippen molar-refractivity contribution in [3.05, 3.63) is 35.1 Å². The van der Waals surface area contributed by atoms with Gasteiger partial charge in [0.15, 0.2) is 5.84 Å². The highest BCUT2D eigenvalue weighted by Gasteiger charge is 2.13. The largest absolute Gasteiger partial charge is 0.409 e. The first kappa shape index (κ1) is 13.2. The van der Waals surface area contributed by atoms with E-state index in [1.165, 1.54) is 6.07 Å². The molecule has 0 aromatic heterocycles. The van der Waals surface area contributed by atoms with E-state index in [0.29, 0.717) is 17.7 Å². The zero-order chi connectivity index (χ0) is 13.0. The van der Waals surface area contributed by atoms with Crippen molar-refractivity contribution in [2.45, 2.75) is 6.54 Å². The Balaban J connectivity index is 2.09. The topological polar surface area (TPSA) is 61.9 Å². The first-order valence-electron chi connectivity index (χ1n) is 5.77. The van der Waals surface area contributed by atoms with E-state index in [1.54, 1.807) is 12.1 Å². The quantitative estimate of drug-likeness (QED) is 0.377. The number of amidine groups is 1. The molecule has 1 aromatic carbocycles. The van der Waals surface area contributed by atoms with Crippen LogP contribution in [-0.2, 0) is 6.54 Å². The fourth-order valence-corrected chi connectivity index (χ4v) is 2.87. The SMILES string of the molecule is N/C(=N\O)c1ccc(CN2CCSCC2)c(F)c1. The average Bonchev–Trinajstić information content (AvgIpc) is 2.41. The molecule has 18 heavy (non-hydrogen) atoms. The second-order valence-electron chi connectivity index (χ2n) is 4.18. The molecule has 0 bridgehead atoms.